The van der Waals surface area contributed by atoms with Crippen molar-refractivity contribution in [3.63, 3.8) is 0 Å². The molecule has 35 heavy (non-hydrogen) atoms. The van der Waals surface area contributed by atoms with Crippen LogP contribution in [0.15, 0.2) is 29.3 Å². The van der Waals surface area contributed by atoms with Gasteiger partial charge < -0.3 is 40.7 Å². The van der Waals surface area contributed by atoms with E-state index in [0.717, 1.165) is 36.8 Å². The van der Waals surface area contributed by atoms with Crippen molar-refractivity contribution in [2.24, 2.45) is 10.9 Å². The summed E-state index contributed by atoms with van der Waals surface area (Å²) in [7, 11) is 1.46. The predicted octanol–water partition coefficient (Wildman–Crippen LogP) is 0.606. The lowest BCUT2D eigenvalue weighted by Gasteiger charge is -2.33. The number of carboxylic acid groups (broad SMARTS) is 1. The molecule has 2 heterocycles. The maximum absolute atomic E-state index is 12.6. The summed E-state index contributed by atoms with van der Waals surface area (Å²) in [5, 5.41) is 20.8. The van der Waals surface area contributed by atoms with Crippen molar-refractivity contribution in [1.29, 1.82) is 0 Å². The number of amides is 2. The third kappa shape index (κ3) is 8.32. The molecule has 5 N–H and O–H groups in total. The van der Waals surface area contributed by atoms with E-state index in [9.17, 15) is 19.5 Å². The maximum atomic E-state index is 12.6. The van der Waals surface area contributed by atoms with E-state index < -0.39 is 18.1 Å². The SMILES string of the molecule is COCCOC(=O)N[C@@H](CNC(=O)C1CCN(c2cccc(NC3=NCCCN3)c2)CC1)C(=O)O. The van der Waals surface area contributed by atoms with Gasteiger partial charge in [-0.25, -0.2) is 9.59 Å². The maximum Gasteiger partial charge on any atom is 0.407 e. The standard InChI is InChI=1S/C23H34N6O6/c1-34-12-13-35-23(33)28-19(21(31)32)15-26-20(30)16-6-10-29(11-7-16)18-5-2-4-17(14-18)27-22-24-8-3-9-25-22/h2,4-5,14,16,19H,3,6-13,15H2,1H3,(H,26,30)(H,28,33)(H,31,32)(H2,24,25,27)/t19-/m0/s1. The van der Waals surface area contributed by atoms with Gasteiger partial charge in [0.05, 0.1) is 6.61 Å². The predicted molar refractivity (Wildman–Crippen MR) is 131 cm³/mol. The van der Waals surface area contributed by atoms with Gasteiger partial charge in [-0.3, -0.25) is 9.79 Å². The molecule has 3 rings (SSSR count). The van der Waals surface area contributed by atoms with E-state index in [1.165, 1.54) is 7.11 Å². The number of rotatable bonds is 10. The number of aliphatic imine (C=N–C) groups is 1. The number of piperidine rings is 1. The summed E-state index contributed by atoms with van der Waals surface area (Å²) in [5.74, 6) is -0.924. The Morgan fingerprint density at radius 2 is 2.06 bits per heavy atom. The van der Waals surface area contributed by atoms with Crippen molar-refractivity contribution in [3.05, 3.63) is 24.3 Å². The minimum atomic E-state index is -1.28. The number of anilines is 2. The lowest BCUT2D eigenvalue weighted by Crippen LogP contribution is -2.50. The summed E-state index contributed by atoms with van der Waals surface area (Å²) in [5.41, 5.74) is 2.01. The van der Waals surface area contributed by atoms with Gasteiger partial charge in [0.25, 0.3) is 0 Å². The van der Waals surface area contributed by atoms with E-state index in [2.05, 4.69) is 37.2 Å². The summed E-state index contributed by atoms with van der Waals surface area (Å²) in [6, 6.07) is 6.79. The Labute approximate surface area is 204 Å². The van der Waals surface area contributed by atoms with Gasteiger partial charge in [-0.05, 0) is 37.5 Å². The second-order valence-electron chi connectivity index (χ2n) is 8.36. The first-order valence-electron chi connectivity index (χ1n) is 11.8. The van der Waals surface area contributed by atoms with E-state index in [0.29, 0.717) is 25.9 Å². The molecule has 2 aliphatic rings. The third-order valence-corrected chi connectivity index (χ3v) is 5.83. The summed E-state index contributed by atoms with van der Waals surface area (Å²) in [6.07, 6.45) is 1.44. The number of nitrogens with zero attached hydrogens (tertiary/aromatic N) is 2. The van der Waals surface area contributed by atoms with Crippen molar-refractivity contribution in [2.45, 2.75) is 25.3 Å². The van der Waals surface area contributed by atoms with Crippen LogP contribution in [0.2, 0.25) is 0 Å². The van der Waals surface area contributed by atoms with Crippen LogP contribution in [0.3, 0.4) is 0 Å². The Balaban J connectivity index is 1.44. The summed E-state index contributed by atoms with van der Waals surface area (Å²) < 4.78 is 9.59. The molecule has 0 aromatic heterocycles. The van der Waals surface area contributed by atoms with Crippen LogP contribution in [0.4, 0.5) is 16.2 Å². The van der Waals surface area contributed by atoms with Gasteiger partial charge in [-0.2, -0.15) is 0 Å². The van der Waals surface area contributed by atoms with Gasteiger partial charge in [-0.1, -0.05) is 6.07 Å². The fraction of sp³-hybridized carbons (Fsp3) is 0.565. The Morgan fingerprint density at radius 1 is 1.26 bits per heavy atom. The highest BCUT2D eigenvalue weighted by molar-refractivity contribution is 5.94. The summed E-state index contributed by atoms with van der Waals surface area (Å²) in [4.78, 5) is 42.4. The number of carbonyl (C=O) groups excluding carboxylic acids is 2. The number of benzene rings is 1. The van der Waals surface area contributed by atoms with Gasteiger partial charge in [0.1, 0.15) is 12.6 Å². The fourth-order valence-corrected chi connectivity index (χ4v) is 3.88. The first kappa shape index (κ1) is 26.1. The van der Waals surface area contributed by atoms with Crippen LogP contribution in [0, 0.1) is 5.92 Å². The Bertz CT molecular complexity index is 902. The Kier molecular flexibility index (Phi) is 9.96. The molecular weight excluding hydrogens is 456 g/mol. The van der Waals surface area contributed by atoms with E-state index in [4.69, 9.17) is 9.47 Å². The fourth-order valence-electron chi connectivity index (χ4n) is 3.88. The van der Waals surface area contributed by atoms with E-state index in [1.54, 1.807) is 0 Å². The average Bonchev–Trinajstić information content (AvgIpc) is 2.87. The van der Waals surface area contributed by atoms with Crippen LogP contribution < -0.4 is 26.2 Å². The van der Waals surface area contributed by atoms with Gasteiger partial charge in [0.2, 0.25) is 5.91 Å². The smallest absolute Gasteiger partial charge is 0.407 e. The van der Waals surface area contributed by atoms with Crippen LogP contribution in [0.25, 0.3) is 0 Å². The number of alkyl carbamates (subject to hydrolysis) is 1. The van der Waals surface area contributed by atoms with Crippen molar-refractivity contribution >= 4 is 35.3 Å². The van der Waals surface area contributed by atoms with Crippen LogP contribution >= 0.6 is 0 Å². The van der Waals surface area contributed by atoms with Crippen LogP contribution in [-0.2, 0) is 19.1 Å². The highest BCUT2D eigenvalue weighted by Gasteiger charge is 2.27. The normalized spacial score (nSPS) is 16.9. The summed E-state index contributed by atoms with van der Waals surface area (Å²) in [6.45, 7) is 3.10. The molecule has 12 nitrogen and oxygen atoms in total. The highest BCUT2D eigenvalue weighted by Crippen LogP contribution is 2.25. The first-order chi connectivity index (χ1) is 17.0. The van der Waals surface area contributed by atoms with Gasteiger partial charge >= 0.3 is 12.1 Å². The monoisotopic (exact) mass is 490 g/mol. The molecule has 1 aromatic carbocycles. The zero-order chi connectivity index (χ0) is 25.0. The van der Waals surface area contributed by atoms with Crippen LogP contribution in [0.1, 0.15) is 19.3 Å². The number of guanidine groups is 1. The van der Waals surface area contributed by atoms with Crippen LogP contribution in [0.5, 0.6) is 0 Å². The molecule has 192 valence electrons. The molecule has 0 unspecified atom stereocenters. The van der Waals surface area contributed by atoms with Gasteiger partial charge in [-0.15, -0.1) is 0 Å². The minimum absolute atomic E-state index is 0.00418. The van der Waals surface area contributed by atoms with E-state index in [1.807, 2.05) is 18.2 Å². The summed E-state index contributed by atoms with van der Waals surface area (Å²) >= 11 is 0. The average molecular weight is 491 g/mol. The molecule has 0 saturated carbocycles. The zero-order valence-corrected chi connectivity index (χ0v) is 19.9. The van der Waals surface area contributed by atoms with Crippen LogP contribution in [-0.4, -0.2) is 88.1 Å². The van der Waals surface area contributed by atoms with E-state index in [-0.39, 0.29) is 31.6 Å². The number of carboxylic acids is 1. The number of hydrogen-bond acceptors (Lipinski definition) is 9. The second-order valence-corrected chi connectivity index (χ2v) is 8.36. The minimum Gasteiger partial charge on any atom is -0.480 e. The van der Waals surface area contributed by atoms with Gasteiger partial charge in [0.15, 0.2) is 5.96 Å². The third-order valence-electron chi connectivity index (χ3n) is 5.83. The molecular formula is C23H34N6O6. The van der Waals surface area contributed by atoms with Crippen molar-refractivity contribution in [3.8, 4) is 0 Å². The molecule has 1 fully saturated rings. The molecule has 12 heteroatoms. The lowest BCUT2D eigenvalue weighted by atomic mass is 9.95. The molecule has 2 aliphatic heterocycles. The Hall–Kier alpha value is -3.54. The molecule has 0 aliphatic carbocycles. The molecule has 1 atom stereocenters. The second kappa shape index (κ2) is 13.4. The van der Waals surface area contributed by atoms with E-state index >= 15 is 0 Å². The topological polar surface area (TPSA) is 154 Å². The zero-order valence-electron chi connectivity index (χ0n) is 19.9. The number of hydrogen-bond donors (Lipinski definition) is 5. The molecule has 0 radical (unpaired) electrons. The number of ether oxygens (including phenoxy) is 2. The quantitative estimate of drug-likeness (QED) is 0.297. The first-order valence-corrected chi connectivity index (χ1v) is 11.8. The number of nitrogens with one attached hydrogen (secondary N) is 4. The highest BCUT2D eigenvalue weighted by atomic mass is 16.6. The molecule has 2 amide bonds. The molecule has 1 saturated heterocycles. The lowest BCUT2D eigenvalue weighted by molar-refractivity contribution is -0.139. The van der Waals surface area contributed by atoms with Gasteiger partial charge in [0, 0.05) is 57.1 Å². The number of carbonyl (C=O) groups is 3. The van der Waals surface area contributed by atoms with Crippen molar-refractivity contribution in [2.75, 3.05) is 63.3 Å². The molecule has 1 aromatic rings. The number of methoxy groups -OCH3 is 1. The number of aliphatic carboxylic acids is 1. The Morgan fingerprint density at radius 3 is 2.74 bits per heavy atom. The van der Waals surface area contributed by atoms with Crippen molar-refractivity contribution in [1.82, 2.24) is 16.0 Å². The molecule has 0 spiro atoms. The van der Waals surface area contributed by atoms with Crippen molar-refractivity contribution < 1.29 is 29.0 Å². The largest absolute Gasteiger partial charge is 0.480 e. The molecule has 0 bridgehead atoms.